The lowest BCUT2D eigenvalue weighted by molar-refractivity contribution is 0.146. The highest BCUT2D eigenvalue weighted by molar-refractivity contribution is 5.48. The summed E-state index contributed by atoms with van der Waals surface area (Å²) < 4.78 is 16.7. The van der Waals surface area contributed by atoms with Crippen LogP contribution < -0.4 is 14.8 Å². The minimum Gasteiger partial charge on any atom is -0.494 e. The van der Waals surface area contributed by atoms with Crippen molar-refractivity contribution in [3.05, 3.63) is 90.0 Å². The van der Waals surface area contributed by atoms with Crippen molar-refractivity contribution in [1.82, 2.24) is 0 Å². The minimum atomic E-state index is 0.545. The summed E-state index contributed by atoms with van der Waals surface area (Å²) in [6.07, 6.45) is 2.04. The fourth-order valence-corrected chi connectivity index (χ4v) is 3.00. The molecule has 3 aromatic rings. The van der Waals surface area contributed by atoms with Gasteiger partial charge in [0.05, 0.1) is 13.2 Å². The zero-order valence-electron chi connectivity index (χ0n) is 17.0. The van der Waals surface area contributed by atoms with Crippen LogP contribution in [0.25, 0.3) is 0 Å². The van der Waals surface area contributed by atoms with Gasteiger partial charge in [-0.15, -0.1) is 0 Å². The van der Waals surface area contributed by atoms with Gasteiger partial charge in [-0.2, -0.15) is 0 Å². The molecule has 4 heteroatoms. The molecule has 0 heterocycles. The second-order valence-electron chi connectivity index (χ2n) is 6.76. The Kier molecular flexibility index (Phi) is 8.42. The summed E-state index contributed by atoms with van der Waals surface area (Å²) in [6.45, 7) is 2.53. The first-order valence-corrected chi connectivity index (χ1v) is 10.1. The van der Waals surface area contributed by atoms with Crippen molar-refractivity contribution in [3.63, 3.8) is 0 Å². The third kappa shape index (κ3) is 7.16. The second-order valence-corrected chi connectivity index (χ2v) is 6.76. The van der Waals surface area contributed by atoms with E-state index in [-0.39, 0.29) is 0 Å². The minimum absolute atomic E-state index is 0.545. The molecule has 4 nitrogen and oxygen atoms in total. The van der Waals surface area contributed by atoms with Gasteiger partial charge >= 0.3 is 0 Å². The van der Waals surface area contributed by atoms with Gasteiger partial charge in [0.25, 0.3) is 0 Å². The lowest BCUT2D eigenvalue weighted by atomic mass is 10.1. The van der Waals surface area contributed by atoms with Crippen LogP contribution in [0.1, 0.15) is 17.5 Å². The Morgan fingerprint density at radius 1 is 0.724 bits per heavy atom. The molecule has 3 rings (SSSR count). The van der Waals surface area contributed by atoms with E-state index in [1.807, 2.05) is 48.5 Å². The van der Waals surface area contributed by atoms with Gasteiger partial charge in [-0.1, -0.05) is 48.5 Å². The molecule has 0 atom stereocenters. The molecule has 0 unspecified atom stereocenters. The first kappa shape index (κ1) is 20.7. The molecule has 0 aliphatic heterocycles. The van der Waals surface area contributed by atoms with Crippen molar-refractivity contribution in [2.45, 2.75) is 19.4 Å². The van der Waals surface area contributed by atoms with Crippen LogP contribution in [0, 0.1) is 0 Å². The van der Waals surface area contributed by atoms with E-state index in [0.717, 1.165) is 35.6 Å². The van der Waals surface area contributed by atoms with Crippen molar-refractivity contribution >= 4 is 5.69 Å². The largest absolute Gasteiger partial charge is 0.494 e. The van der Waals surface area contributed by atoms with Crippen molar-refractivity contribution in [1.29, 1.82) is 0 Å². The SMILES string of the molecule is COCCOc1ccccc1CNc1ccc(OCCCc2ccccc2)cc1. The van der Waals surface area contributed by atoms with Gasteiger partial charge in [0.15, 0.2) is 0 Å². The van der Waals surface area contributed by atoms with Crippen LogP contribution in [0.4, 0.5) is 5.69 Å². The van der Waals surface area contributed by atoms with Gasteiger partial charge in [-0.3, -0.25) is 0 Å². The Balaban J connectivity index is 1.42. The van der Waals surface area contributed by atoms with Crippen molar-refractivity contribution in [2.24, 2.45) is 0 Å². The molecule has 0 fully saturated rings. The molecule has 29 heavy (non-hydrogen) atoms. The highest BCUT2D eigenvalue weighted by atomic mass is 16.5. The van der Waals surface area contributed by atoms with E-state index in [2.05, 4.69) is 35.6 Å². The van der Waals surface area contributed by atoms with E-state index in [4.69, 9.17) is 14.2 Å². The summed E-state index contributed by atoms with van der Waals surface area (Å²) in [5.41, 5.74) is 3.51. The number of rotatable bonds is 12. The Labute approximate surface area is 173 Å². The molecule has 0 bridgehead atoms. The number of nitrogens with one attached hydrogen (secondary N) is 1. The summed E-state index contributed by atoms with van der Waals surface area (Å²) in [4.78, 5) is 0. The molecule has 0 spiro atoms. The lowest BCUT2D eigenvalue weighted by Crippen LogP contribution is -2.07. The maximum atomic E-state index is 5.86. The number of hydrogen-bond donors (Lipinski definition) is 1. The average molecular weight is 392 g/mol. The van der Waals surface area contributed by atoms with Crippen molar-refractivity contribution in [2.75, 3.05) is 32.2 Å². The third-order valence-electron chi connectivity index (χ3n) is 4.58. The van der Waals surface area contributed by atoms with Gasteiger partial charge in [0, 0.05) is 24.9 Å². The molecule has 0 saturated heterocycles. The number of anilines is 1. The number of ether oxygens (including phenoxy) is 3. The highest BCUT2D eigenvalue weighted by Crippen LogP contribution is 2.21. The summed E-state index contributed by atoms with van der Waals surface area (Å²) >= 11 is 0. The maximum absolute atomic E-state index is 5.86. The number of para-hydroxylation sites is 1. The zero-order chi connectivity index (χ0) is 20.2. The average Bonchev–Trinajstić information content (AvgIpc) is 2.78. The van der Waals surface area contributed by atoms with Gasteiger partial charge in [-0.25, -0.2) is 0 Å². The Bertz CT molecular complexity index is 834. The van der Waals surface area contributed by atoms with Crippen LogP contribution in [0.15, 0.2) is 78.9 Å². The maximum Gasteiger partial charge on any atom is 0.124 e. The molecule has 0 saturated carbocycles. The van der Waals surface area contributed by atoms with Gasteiger partial charge in [-0.05, 0) is 48.7 Å². The fourth-order valence-electron chi connectivity index (χ4n) is 3.00. The third-order valence-corrected chi connectivity index (χ3v) is 4.58. The molecule has 0 aliphatic carbocycles. The molecule has 0 aliphatic rings. The molecule has 1 N–H and O–H groups in total. The van der Waals surface area contributed by atoms with E-state index in [1.165, 1.54) is 5.56 Å². The van der Waals surface area contributed by atoms with E-state index < -0.39 is 0 Å². The fraction of sp³-hybridized carbons (Fsp3) is 0.280. The molecule has 152 valence electrons. The molecular weight excluding hydrogens is 362 g/mol. The summed E-state index contributed by atoms with van der Waals surface area (Å²) in [5, 5.41) is 3.44. The molecule has 0 radical (unpaired) electrons. The second kappa shape index (κ2) is 11.8. The first-order valence-electron chi connectivity index (χ1n) is 10.1. The number of benzene rings is 3. The predicted octanol–water partition coefficient (Wildman–Crippen LogP) is 5.34. The summed E-state index contributed by atoms with van der Waals surface area (Å²) in [5.74, 6) is 1.78. The van der Waals surface area contributed by atoms with Gasteiger partial charge < -0.3 is 19.5 Å². The van der Waals surface area contributed by atoms with Crippen LogP contribution in [0.2, 0.25) is 0 Å². The Morgan fingerprint density at radius 3 is 2.28 bits per heavy atom. The van der Waals surface area contributed by atoms with E-state index in [9.17, 15) is 0 Å². The van der Waals surface area contributed by atoms with Gasteiger partial charge in [0.1, 0.15) is 18.1 Å². The Hall–Kier alpha value is -2.98. The predicted molar refractivity (Wildman–Crippen MR) is 118 cm³/mol. The molecule has 0 aromatic heterocycles. The quantitative estimate of drug-likeness (QED) is 0.423. The summed E-state index contributed by atoms with van der Waals surface area (Å²) in [7, 11) is 1.67. The number of hydrogen-bond acceptors (Lipinski definition) is 4. The van der Waals surface area contributed by atoms with Crippen LogP contribution in [-0.2, 0) is 17.7 Å². The van der Waals surface area contributed by atoms with Crippen molar-refractivity contribution < 1.29 is 14.2 Å². The molecular formula is C25H29NO3. The zero-order valence-corrected chi connectivity index (χ0v) is 17.0. The Morgan fingerprint density at radius 2 is 1.48 bits per heavy atom. The highest BCUT2D eigenvalue weighted by Gasteiger charge is 2.03. The summed E-state index contributed by atoms with van der Waals surface area (Å²) in [6, 6.07) is 26.7. The number of methoxy groups -OCH3 is 1. The number of aryl methyl sites for hydroxylation is 1. The normalized spacial score (nSPS) is 10.5. The van der Waals surface area contributed by atoms with Crippen molar-refractivity contribution in [3.8, 4) is 11.5 Å². The standard InChI is InChI=1S/C25H29NO3/c1-27-18-19-29-25-12-6-5-11-22(25)20-26-23-13-15-24(16-14-23)28-17-7-10-21-8-3-2-4-9-21/h2-6,8-9,11-16,26H,7,10,17-20H2,1H3. The van der Waals surface area contributed by atoms with Crippen LogP contribution in [-0.4, -0.2) is 26.9 Å². The van der Waals surface area contributed by atoms with Crippen LogP contribution in [0.5, 0.6) is 11.5 Å². The monoisotopic (exact) mass is 391 g/mol. The lowest BCUT2D eigenvalue weighted by Gasteiger charge is -2.13. The molecule has 3 aromatic carbocycles. The first-order chi connectivity index (χ1) is 14.3. The van der Waals surface area contributed by atoms with E-state index in [1.54, 1.807) is 7.11 Å². The van der Waals surface area contributed by atoms with Crippen LogP contribution in [0.3, 0.4) is 0 Å². The van der Waals surface area contributed by atoms with E-state index >= 15 is 0 Å². The van der Waals surface area contributed by atoms with Crippen LogP contribution >= 0.6 is 0 Å². The molecule has 0 amide bonds. The smallest absolute Gasteiger partial charge is 0.124 e. The van der Waals surface area contributed by atoms with Gasteiger partial charge in [0.2, 0.25) is 0 Å². The van der Waals surface area contributed by atoms with E-state index in [0.29, 0.717) is 26.4 Å². The topological polar surface area (TPSA) is 39.7 Å².